The molecule has 7 heteroatoms. The maximum atomic E-state index is 13.1. The number of amides is 1. The summed E-state index contributed by atoms with van der Waals surface area (Å²) >= 11 is 0. The van der Waals surface area contributed by atoms with E-state index in [-0.39, 0.29) is 11.9 Å². The predicted octanol–water partition coefficient (Wildman–Crippen LogP) is 5.07. The van der Waals surface area contributed by atoms with Crippen molar-refractivity contribution in [2.24, 2.45) is 0 Å². The maximum Gasteiger partial charge on any atom is 0.254 e. The first-order chi connectivity index (χ1) is 17.2. The van der Waals surface area contributed by atoms with Crippen molar-refractivity contribution in [3.8, 4) is 0 Å². The van der Waals surface area contributed by atoms with E-state index in [0.29, 0.717) is 29.8 Å². The Bertz CT molecular complexity index is 1220. The number of rotatable bonds is 7. The molecule has 1 amide bonds. The fraction of sp³-hybridized carbons (Fsp3) is 0.414. The van der Waals surface area contributed by atoms with Crippen molar-refractivity contribution in [2.75, 3.05) is 17.6 Å². The highest BCUT2D eigenvalue weighted by atomic mass is 16.2. The van der Waals surface area contributed by atoms with E-state index in [0.717, 1.165) is 48.3 Å². The van der Waals surface area contributed by atoms with Gasteiger partial charge in [0.2, 0.25) is 5.95 Å². The van der Waals surface area contributed by atoms with E-state index >= 15 is 0 Å². The van der Waals surface area contributed by atoms with E-state index in [4.69, 9.17) is 10.7 Å². The topological polar surface area (TPSA) is 96.2 Å². The van der Waals surface area contributed by atoms with Gasteiger partial charge in [0.15, 0.2) is 0 Å². The van der Waals surface area contributed by atoms with Gasteiger partial charge in [-0.15, -0.1) is 0 Å². The number of carbonyl (C=O) groups excluding carboxylic acids is 1. The summed E-state index contributed by atoms with van der Waals surface area (Å²) in [5.74, 6) is 0.691. The number of aryl methyl sites for hydroxylation is 4. The molecule has 2 atom stereocenters. The van der Waals surface area contributed by atoms with Crippen LogP contribution in [0.5, 0.6) is 0 Å². The first-order valence-electron chi connectivity index (χ1n) is 12.8. The molecule has 0 radical (unpaired) electrons. The number of nitrogens with two attached hydrogens (primary N) is 1. The third kappa shape index (κ3) is 6.02. The molecule has 1 fully saturated rings. The van der Waals surface area contributed by atoms with Crippen LogP contribution in [0.2, 0.25) is 0 Å². The summed E-state index contributed by atoms with van der Waals surface area (Å²) in [4.78, 5) is 24.5. The van der Waals surface area contributed by atoms with Crippen LogP contribution in [0.25, 0.3) is 0 Å². The van der Waals surface area contributed by atoms with Gasteiger partial charge in [-0.2, -0.15) is 0 Å². The summed E-state index contributed by atoms with van der Waals surface area (Å²) in [5.41, 5.74) is 13.9. The lowest BCUT2D eigenvalue weighted by atomic mass is 9.96. The molecule has 0 bridgehead atoms. The van der Waals surface area contributed by atoms with E-state index in [9.17, 15) is 4.79 Å². The number of nitrogens with one attached hydrogen (secondary N) is 2. The van der Waals surface area contributed by atoms with Gasteiger partial charge in [-0.25, -0.2) is 9.97 Å². The molecule has 3 aromatic rings. The minimum Gasteiger partial charge on any atom is -0.399 e. The monoisotopic (exact) mass is 486 g/mol. The quantitative estimate of drug-likeness (QED) is 0.404. The Balaban J connectivity index is 1.38. The zero-order valence-electron chi connectivity index (χ0n) is 22.1. The molecule has 0 spiro atoms. The van der Waals surface area contributed by atoms with Crippen LogP contribution in [-0.4, -0.2) is 39.4 Å². The van der Waals surface area contributed by atoms with Crippen molar-refractivity contribution in [2.45, 2.75) is 72.5 Å². The Kier molecular flexibility index (Phi) is 7.89. The van der Waals surface area contributed by atoms with Crippen LogP contribution >= 0.6 is 0 Å². The number of likely N-dealkylation sites (tertiary alicyclic amines) is 1. The second kappa shape index (κ2) is 11.1. The third-order valence-electron chi connectivity index (χ3n) is 7.02. The van der Waals surface area contributed by atoms with Gasteiger partial charge in [0.1, 0.15) is 0 Å². The lowest BCUT2D eigenvalue weighted by molar-refractivity contribution is 0.0602. The van der Waals surface area contributed by atoms with E-state index in [1.54, 1.807) is 0 Å². The molecule has 36 heavy (non-hydrogen) atoms. The lowest BCUT2D eigenvalue weighted by Crippen LogP contribution is -2.49. The minimum absolute atomic E-state index is 0.0789. The predicted molar refractivity (Wildman–Crippen MR) is 147 cm³/mol. The first kappa shape index (κ1) is 25.6. The first-order valence-corrected chi connectivity index (χ1v) is 12.8. The summed E-state index contributed by atoms with van der Waals surface area (Å²) in [5, 5.41) is 7.06. The largest absolute Gasteiger partial charge is 0.399 e. The average Bonchev–Trinajstić information content (AvgIpc) is 2.83. The van der Waals surface area contributed by atoms with Gasteiger partial charge in [-0.1, -0.05) is 13.0 Å². The highest BCUT2D eigenvalue weighted by Gasteiger charge is 2.29. The Morgan fingerprint density at radius 3 is 2.56 bits per heavy atom. The van der Waals surface area contributed by atoms with Gasteiger partial charge in [0, 0.05) is 48.3 Å². The summed E-state index contributed by atoms with van der Waals surface area (Å²) in [6.45, 7) is 11.8. The van der Waals surface area contributed by atoms with Crippen molar-refractivity contribution < 1.29 is 4.79 Å². The van der Waals surface area contributed by atoms with Gasteiger partial charge < -0.3 is 21.3 Å². The van der Waals surface area contributed by atoms with Crippen molar-refractivity contribution in [1.29, 1.82) is 0 Å². The molecule has 0 aliphatic carbocycles. The molecule has 1 aliphatic heterocycles. The van der Waals surface area contributed by atoms with Crippen LogP contribution in [0.4, 0.5) is 17.3 Å². The highest BCUT2D eigenvalue weighted by Crippen LogP contribution is 2.23. The highest BCUT2D eigenvalue weighted by molar-refractivity contribution is 5.95. The molecule has 1 saturated heterocycles. The zero-order valence-corrected chi connectivity index (χ0v) is 22.1. The number of hydrogen-bond donors (Lipinski definition) is 3. The fourth-order valence-corrected chi connectivity index (χ4v) is 5.00. The SMILES string of the molecule is CCc1cnc(Nc2cc(C)cc(C)c2)nc1CN[C@@H]1CCN(C(=O)c2ccc(N)c(C)c2)[C@@H](C)C1. The minimum atomic E-state index is 0.0789. The van der Waals surface area contributed by atoms with Crippen LogP contribution in [0.15, 0.2) is 42.6 Å². The third-order valence-corrected chi connectivity index (χ3v) is 7.02. The molecule has 0 unspecified atom stereocenters. The summed E-state index contributed by atoms with van der Waals surface area (Å²) in [6, 6.07) is 12.4. The van der Waals surface area contributed by atoms with E-state index in [2.05, 4.69) is 61.5 Å². The number of nitrogen functional groups attached to an aromatic ring is 1. The van der Waals surface area contributed by atoms with Gasteiger partial charge in [-0.05, 0) is 99.5 Å². The fourth-order valence-electron chi connectivity index (χ4n) is 5.00. The number of piperidine rings is 1. The molecule has 1 aromatic heterocycles. The van der Waals surface area contributed by atoms with Crippen LogP contribution in [0.3, 0.4) is 0 Å². The molecule has 0 saturated carbocycles. The summed E-state index contributed by atoms with van der Waals surface area (Å²) < 4.78 is 0. The normalized spacial score (nSPS) is 17.8. The number of carbonyl (C=O) groups is 1. The molecule has 7 nitrogen and oxygen atoms in total. The number of anilines is 3. The average molecular weight is 487 g/mol. The van der Waals surface area contributed by atoms with Crippen molar-refractivity contribution >= 4 is 23.2 Å². The maximum absolute atomic E-state index is 13.1. The Morgan fingerprint density at radius 2 is 1.89 bits per heavy atom. The summed E-state index contributed by atoms with van der Waals surface area (Å²) in [6.07, 6.45) is 4.61. The van der Waals surface area contributed by atoms with Gasteiger partial charge in [-0.3, -0.25) is 4.79 Å². The van der Waals surface area contributed by atoms with Gasteiger partial charge >= 0.3 is 0 Å². The lowest BCUT2D eigenvalue weighted by Gasteiger charge is -2.38. The van der Waals surface area contributed by atoms with E-state index in [1.807, 2.05) is 36.2 Å². The molecule has 2 heterocycles. The molecular formula is C29H38N6O. The van der Waals surface area contributed by atoms with Gasteiger partial charge in [0.05, 0.1) is 5.69 Å². The summed E-state index contributed by atoms with van der Waals surface area (Å²) in [7, 11) is 0. The Labute approximate surface area is 214 Å². The smallest absolute Gasteiger partial charge is 0.254 e. The molecular weight excluding hydrogens is 448 g/mol. The van der Waals surface area contributed by atoms with Crippen LogP contribution in [-0.2, 0) is 13.0 Å². The molecule has 2 aromatic carbocycles. The second-order valence-corrected chi connectivity index (χ2v) is 10.0. The van der Waals surface area contributed by atoms with Crippen molar-refractivity contribution in [1.82, 2.24) is 20.2 Å². The van der Waals surface area contributed by atoms with Crippen molar-refractivity contribution in [3.05, 3.63) is 76.1 Å². The molecule has 4 rings (SSSR count). The van der Waals surface area contributed by atoms with Crippen molar-refractivity contribution in [3.63, 3.8) is 0 Å². The number of benzene rings is 2. The van der Waals surface area contributed by atoms with Crippen LogP contribution in [0.1, 0.15) is 65.0 Å². The number of aromatic nitrogens is 2. The van der Waals surface area contributed by atoms with Gasteiger partial charge in [0.25, 0.3) is 5.91 Å². The number of hydrogen-bond acceptors (Lipinski definition) is 6. The number of nitrogens with zero attached hydrogens (tertiary/aromatic N) is 3. The zero-order chi connectivity index (χ0) is 25.8. The standard InChI is InChI=1S/C29H38N6O/c1-6-22-16-32-29(33-25-12-18(2)11-19(3)13-25)34-27(22)17-31-24-9-10-35(21(5)15-24)28(36)23-7-8-26(30)20(4)14-23/h7-8,11-14,16,21,24,31H,6,9-10,15,17,30H2,1-5H3,(H,32,33,34)/t21-,24+/m0/s1. The van der Waals surface area contributed by atoms with Crippen LogP contribution in [0, 0.1) is 20.8 Å². The second-order valence-electron chi connectivity index (χ2n) is 10.0. The Morgan fingerprint density at radius 1 is 1.14 bits per heavy atom. The Hall–Kier alpha value is -3.45. The van der Waals surface area contributed by atoms with E-state index in [1.165, 1.54) is 11.1 Å². The van der Waals surface area contributed by atoms with E-state index < -0.39 is 0 Å². The van der Waals surface area contributed by atoms with Crippen LogP contribution < -0.4 is 16.4 Å². The molecule has 190 valence electrons. The molecule has 4 N–H and O–H groups in total. The molecule has 1 aliphatic rings.